The number of rotatable bonds is 7. The smallest absolute Gasteiger partial charge is 0.0522 e. The Labute approximate surface area is 99.0 Å². The summed E-state index contributed by atoms with van der Waals surface area (Å²) in [5.74, 6) is 0.653. The highest BCUT2D eigenvalue weighted by molar-refractivity contribution is 5.06. The lowest BCUT2D eigenvalue weighted by Crippen LogP contribution is -2.31. The van der Waals surface area contributed by atoms with Crippen molar-refractivity contribution in [2.45, 2.75) is 52.0 Å². The molecule has 2 N–H and O–H groups in total. The lowest BCUT2D eigenvalue weighted by Gasteiger charge is -2.21. The average molecular weight is 223 g/mol. The standard InChI is InChI=1S/C13H25N3/c1-4-6-7-12(5-2)13(14)8-11-9-15-16(3)10-11/h9-10,12-13H,4-8,14H2,1-3H3. The Hall–Kier alpha value is -0.830. The minimum Gasteiger partial charge on any atom is -0.327 e. The molecule has 0 aliphatic heterocycles. The first-order valence-corrected chi connectivity index (χ1v) is 6.40. The molecule has 1 rings (SSSR count). The Morgan fingerprint density at radius 2 is 2.19 bits per heavy atom. The maximum atomic E-state index is 6.27. The third-order valence-electron chi connectivity index (χ3n) is 3.29. The van der Waals surface area contributed by atoms with Gasteiger partial charge in [-0.25, -0.2) is 0 Å². The number of aromatic nitrogens is 2. The third kappa shape index (κ3) is 3.97. The van der Waals surface area contributed by atoms with Gasteiger partial charge in [-0.3, -0.25) is 4.68 Å². The molecule has 0 saturated carbocycles. The summed E-state index contributed by atoms with van der Waals surface area (Å²) in [5.41, 5.74) is 7.53. The Balaban J connectivity index is 2.45. The van der Waals surface area contributed by atoms with E-state index in [1.54, 1.807) is 0 Å². The number of aryl methyl sites for hydroxylation is 1. The summed E-state index contributed by atoms with van der Waals surface area (Å²) in [4.78, 5) is 0. The number of nitrogens with two attached hydrogens (primary N) is 1. The van der Waals surface area contributed by atoms with Gasteiger partial charge in [0.15, 0.2) is 0 Å². The van der Waals surface area contributed by atoms with E-state index in [9.17, 15) is 0 Å². The highest BCUT2D eigenvalue weighted by Crippen LogP contribution is 2.18. The quantitative estimate of drug-likeness (QED) is 0.772. The molecule has 0 radical (unpaired) electrons. The molecule has 0 aromatic carbocycles. The van der Waals surface area contributed by atoms with E-state index in [-0.39, 0.29) is 6.04 Å². The molecule has 0 aliphatic carbocycles. The average Bonchev–Trinajstić information content (AvgIpc) is 2.65. The number of nitrogens with zero attached hydrogens (tertiary/aromatic N) is 2. The summed E-state index contributed by atoms with van der Waals surface area (Å²) in [5, 5.41) is 4.18. The molecular formula is C13H25N3. The van der Waals surface area contributed by atoms with Crippen molar-refractivity contribution in [3.8, 4) is 0 Å². The second-order valence-corrected chi connectivity index (χ2v) is 4.70. The van der Waals surface area contributed by atoms with Gasteiger partial charge in [-0.15, -0.1) is 0 Å². The van der Waals surface area contributed by atoms with Crippen LogP contribution in [0.2, 0.25) is 0 Å². The van der Waals surface area contributed by atoms with Crippen LogP contribution in [0.25, 0.3) is 0 Å². The van der Waals surface area contributed by atoms with E-state index in [1.165, 1.54) is 31.2 Å². The summed E-state index contributed by atoms with van der Waals surface area (Å²) < 4.78 is 1.84. The maximum absolute atomic E-state index is 6.27. The Morgan fingerprint density at radius 3 is 2.69 bits per heavy atom. The summed E-state index contributed by atoms with van der Waals surface area (Å²) in [7, 11) is 1.95. The van der Waals surface area contributed by atoms with Gasteiger partial charge in [-0.1, -0.05) is 33.1 Å². The molecule has 1 aromatic rings. The van der Waals surface area contributed by atoms with Crippen molar-refractivity contribution in [3.05, 3.63) is 18.0 Å². The molecular weight excluding hydrogens is 198 g/mol. The molecule has 92 valence electrons. The van der Waals surface area contributed by atoms with Crippen LogP contribution in [0.5, 0.6) is 0 Å². The van der Waals surface area contributed by atoms with Crippen molar-refractivity contribution < 1.29 is 0 Å². The molecule has 0 saturated heterocycles. The van der Waals surface area contributed by atoms with Gasteiger partial charge in [-0.2, -0.15) is 5.10 Å². The number of unbranched alkanes of at least 4 members (excludes halogenated alkanes) is 1. The molecule has 0 fully saturated rings. The van der Waals surface area contributed by atoms with Crippen LogP contribution in [-0.4, -0.2) is 15.8 Å². The summed E-state index contributed by atoms with van der Waals surface area (Å²) >= 11 is 0. The predicted octanol–water partition coefficient (Wildman–Crippen LogP) is 2.51. The van der Waals surface area contributed by atoms with Crippen molar-refractivity contribution in [2.24, 2.45) is 18.7 Å². The van der Waals surface area contributed by atoms with Crippen LogP contribution in [0.1, 0.15) is 45.1 Å². The first-order chi connectivity index (χ1) is 7.67. The van der Waals surface area contributed by atoms with Crippen molar-refractivity contribution in [1.29, 1.82) is 0 Å². The molecule has 0 amide bonds. The van der Waals surface area contributed by atoms with E-state index in [0.29, 0.717) is 5.92 Å². The highest BCUT2D eigenvalue weighted by atomic mass is 15.2. The molecule has 0 bridgehead atoms. The van der Waals surface area contributed by atoms with Crippen LogP contribution in [0.3, 0.4) is 0 Å². The van der Waals surface area contributed by atoms with Gasteiger partial charge in [0.2, 0.25) is 0 Å². The fraction of sp³-hybridized carbons (Fsp3) is 0.769. The van der Waals surface area contributed by atoms with Gasteiger partial charge in [0.1, 0.15) is 0 Å². The summed E-state index contributed by atoms with van der Waals surface area (Å²) in [6.45, 7) is 4.47. The lowest BCUT2D eigenvalue weighted by atomic mass is 9.89. The van der Waals surface area contributed by atoms with Crippen molar-refractivity contribution in [3.63, 3.8) is 0 Å². The van der Waals surface area contributed by atoms with Crippen LogP contribution in [0.4, 0.5) is 0 Å². The zero-order chi connectivity index (χ0) is 12.0. The van der Waals surface area contributed by atoms with E-state index < -0.39 is 0 Å². The van der Waals surface area contributed by atoms with E-state index >= 15 is 0 Å². The van der Waals surface area contributed by atoms with Crippen LogP contribution in [0.15, 0.2) is 12.4 Å². The Bertz CT molecular complexity index is 293. The number of hydrogen-bond donors (Lipinski definition) is 1. The fourth-order valence-electron chi connectivity index (χ4n) is 2.20. The molecule has 16 heavy (non-hydrogen) atoms. The molecule has 2 unspecified atom stereocenters. The van der Waals surface area contributed by atoms with Crippen LogP contribution in [0, 0.1) is 5.92 Å². The summed E-state index contributed by atoms with van der Waals surface area (Å²) in [6.07, 6.45) is 9.93. The van der Waals surface area contributed by atoms with E-state index in [2.05, 4.69) is 25.1 Å². The third-order valence-corrected chi connectivity index (χ3v) is 3.29. The highest BCUT2D eigenvalue weighted by Gasteiger charge is 2.16. The molecule has 0 aliphatic rings. The van der Waals surface area contributed by atoms with Gasteiger partial charge in [0.05, 0.1) is 6.20 Å². The topological polar surface area (TPSA) is 43.8 Å². The van der Waals surface area contributed by atoms with E-state index in [4.69, 9.17) is 5.73 Å². The predicted molar refractivity (Wildman–Crippen MR) is 68.2 cm³/mol. The van der Waals surface area contributed by atoms with Gasteiger partial charge in [-0.05, 0) is 24.3 Å². The van der Waals surface area contributed by atoms with Crippen molar-refractivity contribution >= 4 is 0 Å². The van der Waals surface area contributed by atoms with Crippen LogP contribution in [-0.2, 0) is 13.5 Å². The van der Waals surface area contributed by atoms with Crippen molar-refractivity contribution in [2.75, 3.05) is 0 Å². The minimum absolute atomic E-state index is 0.278. The van der Waals surface area contributed by atoms with E-state index in [1.807, 2.05) is 17.9 Å². The largest absolute Gasteiger partial charge is 0.327 e. The minimum atomic E-state index is 0.278. The van der Waals surface area contributed by atoms with Gasteiger partial charge in [0.25, 0.3) is 0 Å². The maximum Gasteiger partial charge on any atom is 0.0522 e. The van der Waals surface area contributed by atoms with Gasteiger partial charge < -0.3 is 5.73 Å². The Morgan fingerprint density at radius 1 is 1.44 bits per heavy atom. The van der Waals surface area contributed by atoms with E-state index in [0.717, 1.165) is 6.42 Å². The fourth-order valence-corrected chi connectivity index (χ4v) is 2.20. The second kappa shape index (κ2) is 6.69. The molecule has 3 heteroatoms. The number of hydrogen-bond acceptors (Lipinski definition) is 2. The molecule has 1 heterocycles. The van der Waals surface area contributed by atoms with Gasteiger partial charge >= 0.3 is 0 Å². The first kappa shape index (κ1) is 13.2. The monoisotopic (exact) mass is 223 g/mol. The molecule has 2 atom stereocenters. The van der Waals surface area contributed by atoms with Crippen LogP contribution < -0.4 is 5.73 Å². The normalized spacial score (nSPS) is 15.0. The molecule has 0 spiro atoms. The zero-order valence-electron chi connectivity index (χ0n) is 10.8. The zero-order valence-corrected chi connectivity index (χ0v) is 10.8. The Kier molecular flexibility index (Phi) is 5.53. The SMILES string of the molecule is CCCCC(CC)C(N)Cc1cnn(C)c1. The second-order valence-electron chi connectivity index (χ2n) is 4.70. The first-order valence-electron chi connectivity index (χ1n) is 6.40. The van der Waals surface area contributed by atoms with Gasteiger partial charge in [0, 0.05) is 19.3 Å². The molecule has 1 aromatic heterocycles. The summed E-state index contributed by atoms with van der Waals surface area (Å²) in [6, 6.07) is 0.278. The molecule has 3 nitrogen and oxygen atoms in total. The van der Waals surface area contributed by atoms with Crippen LogP contribution >= 0.6 is 0 Å². The lowest BCUT2D eigenvalue weighted by molar-refractivity contribution is 0.369. The van der Waals surface area contributed by atoms with Crippen molar-refractivity contribution in [1.82, 2.24) is 9.78 Å².